The van der Waals surface area contributed by atoms with Crippen LogP contribution in [0.3, 0.4) is 0 Å². The molecular weight excluding hydrogens is 224 g/mol. The SMILES string of the molecule is C=CCCCCCCCCC1=NCCN1C(C)O. The zero-order valence-corrected chi connectivity index (χ0v) is 11.8. The van der Waals surface area contributed by atoms with Crippen LogP contribution in [0.1, 0.15) is 58.3 Å². The summed E-state index contributed by atoms with van der Waals surface area (Å²) < 4.78 is 0. The maximum Gasteiger partial charge on any atom is 0.125 e. The fourth-order valence-electron chi connectivity index (χ4n) is 2.41. The van der Waals surface area contributed by atoms with Gasteiger partial charge in [0.15, 0.2) is 0 Å². The van der Waals surface area contributed by atoms with Gasteiger partial charge < -0.3 is 10.0 Å². The van der Waals surface area contributed by atoms with Crippen molar-refractivity contribution in [3.05, 3.63) is 12.7 Å². The quantitative estimate of drug-likeness (QED) is 0.478. The minimum absolute atomic E-state index is 0.384. The van der Waals surface area contributed by atoms with E-state index in [1.807, 2.05) is 17.9 Å². The second-order valence-electron chi connectivity index (χ2n) is 5.07. The Bertz CT molecular complexity index is 261. The molecule has 0 aromatic rings. The van der Waals surface area contributed by atoms with E-state index in [-0.39, 0.29) is 6.23 Å². The highest BCUT2D eigenvalue weighted by molar-refractivity contribution is 5.83. The Kier molecular flexibility index (Phi) is 7.74. The van der Waals surface area contributed by atoms with Crippen LogP contribution in [0.5, 0.6) is 0 Å². The third kappa shape index (κ3) is 5.67. The third-order valence-corrected chi connectivity index (χ3v) is 3.48. The Morgan fingerprint density at radius 1 is 1.28 bits per heavy atom. The van der Waals surface area contributed by atoms with Gasteiger partial charge in [-0.25, -0.2) is 0 Å². The molecule has 0 bridgehead atoms. The van der Waals surface area contributed by atoms with Crippen LogP contribution >= 0.6 is 0 Å². The molecule has 3 nitrogen and oxygen atoms in total. The summed E-state index contributed by atoms with van der Waals surface area (Å²) in [5.74, 6) is 1.11. The molecule has 3 heteroatoms. The topological polar surface area (TPSA) is 35.8 Å². The molecule has 1 atom stereocenters. The molecule has 0 aromatic carbocycles. The molecule has 104 valence electrons. The molecule has 1 unspecified atom stereocenters. The third-order valence-electron chi connectivity index (χ3n) is 3.48. The van der Waals surface area contributed by atoms with Crippen LogP contribution in [0.2, 0.25) is 0 Å². The maximum atomic E-state index is 9.58. The second kappa shape index (κ2) is 9.15. The zero-order chi connectivity index (χ0) is 13.2. The molecule has 1 aliphatic heterocycles. The van der Waals surface area contributed by atoms with Crippen LogP contribution in [0.15, 0.2) is 17.6 Å². The summed E-state index contributed by atoms with van der Waals surface area (Å²) in [6.45, 7) is 7.29. The van der Waals surface area contributed by atoms with Gasteiger partial charge in [0.05, 0.1) is 6.54 Å². The van der Waals surface area contributed by atoms with Crippen molar-refractivity contribution < 1.29 is 5.11 Å². The van der Waals surface area contributed by atoms with Crippen molar-refractivity contribution >= 4 is 5.84 Å². The highest BCUT2D eigenvalue weighted by atomic mass is 16.3. The number of aliphatic hydroxyl groups excluding tert-OH is 1. The van der Waals surface area contributed by atoms with Gasteiger partial charge in [-0.2, -0.15) is 0 Å². The van der Waals surface area contributed by atoms with Gasteiger partial charge >= 0.3 is 0 Å². The van der Waals surface area contributed by atoms with E-state index in [9.17, 15) is 5.11 Å². The first-order valence-electron chi connectivity index (χ1n) is 7.34. The average molecular weight is 252 g/mol. The van der Waals surface area contributed by atoms with E-state index >= 15 is 0 Å². The van der Waals surface area contributed by atoms with Crippen LogP contribution < -0.4 is 0 Å². The standard InChI is InChI=1S/C15H28N2O/c1-3-4-5-6-7-8-9-10-11-15-16-12-13-17(15)14(2)18/h3,14,18H,1,4-13H2,2H3. The monoisotopic (exact) mass is 252 g/mol. The van der Waals surface area contributed by atoms with Gasteiger partial charge in [0, 0.05) is 13.0 Å². The van der Waals surface area contributed by atoms with Gasteiger partial charge in [-0.1, -0.05) is 31.8 Å². The predicted molar refractivity (Wildman–Crippen MR) is 77.8 cm³/mol. The summed E-state index contributed by atoms with van der Waals surface area (Å²) in [7, 11) is 0. The summed E-state index contributed by atoms with van der Waals surface area (Å²) in [6, 6.07) is 0. The van der Waals surface area contributed by atoms with Crippen molar-refractivity contribution in [3.63, 3.8) is 0 Å². The molecule has 0 aliphatic carbocycles. The van der Waals surface area contributed by atoms with E-state index in [0.29, 0.717) is 0 Å². The molecule has 0 radical (unpaired) electrons. The van der Waals surface area contributed by atoms with Gasteiger partial charge in [-0.05, 0) is 26.2 Å². The van der Waals surface area contributed by atoms with Crippen molar-refractivity contribution in [1.82, 2.24) is 4.90 Å². The van der Waals surface area contributed by atoms with Crippen molar-refractivity contribution in [2.75, 3.05) is 13.1 Å². The summed E-state index contributed by atoms with van der Waals surface area (Å²) in [6.07, 6.45) is 11.5. The van der Waals surface area contributed by atoms with E-state index in [0.717, 1.165) is 31.8 Å². The van der Waals surface area contributed by atoms with Crippen LogP contribution in [-0.4, -0.2) is 35.2 Å². The minimum atomic E-state index is -0.384. The predicted octanol–water partition coefficient (Wildman–Crippen LogP) is 3.35. The lowest BCUT2D eigenvalue weighted by Crippen LogP contribution is -2.35. The summed E-state index contributed by atoms with van der Waals surface area (Å²) in [5.41, 5.74) is 0. The second-order valence-corrected chi connectivity index (χ2v) is 5.07. The summed E-state index contributed by atoms with van der Waals surface area (Å²) in [4.78, 5) is 6.49. The normalized spacial score (nSPS) is 16.8. The van der Waals surface area contributed by atoms with Gasteiger partial charge in [0.1, 0.15) is 12.1 Å². The molecular formula is C15H28N2O. The number of hydrogen-bond donors (Lipinski definition) is 1. The lowest BCUT2D eigenvalue weighted by molar-refractivity contribution is 0.0766. The smallest absolute Gasteiger partial charge is 0.125 e. The average Bonchev–Trinajstić information content (AvgIpc) is 2.81. The van der Waals surface area contributed by atoms with Crippen molar-refractivity contribution in [2.24, 2.45) is 4.99 Å². The fourth-order valence-corrected chi connectivity index (χ4v) is 2.41. The largest absolute Gasteiger partial charge is 0.374 e. The molecule has 1 aliphatic rings. The van der Waals surface area contributed by atoms with E-state index in [2.05, 4.69) is 11.6 Å². The first-order chi connectivity index (χ1) is 8.75. The number of amidine groups is 1. The zero-order valence-electron chi connectivity index (χ0n) is 11.8. The summed E-state index contributed by atoms with van der Waals surface area (Å²) >= 11 is 0. The lowest BCUT2D eigenvalue weighted by atomic mass is 10.1. The molecule has 0 saturated carbocycles. The van der Waals surface area contributed by atoms with Crippen molar-refractivity contribution in [1.29, 1.82) is 0 Å². The van der Waals surface area contributed by atoms with Crippen molar-refractivity contribution in [3.8, 4) is 0 Å². The Morgan fingerprint density at radius 3 is 2.61 bits per heavy atom. The van der Waals surface area contributed by atoms with E-state index in [4.69, 9.17) is 0 Å². The number of allylic oxidation sites excluding steroid dienone is 1. The highest BCUT2D eigenvalue weighted by Gasteiger charge is 2.19. The molecule has 1 rings (SSSR count). The number of unbranched alkanes of at least 4 members (excludes halogenated alkanes) is 6. The lowest BCUT2D eigenvalue weighted by Gasteiger charge is -2.23. The van der Waals surface area contributed by atoms with Gasteiger partial charge in [0.25, 0.3) is 0 Å². The molecule has 0 aromatic heterocycles. The molecule has 0 amide bonds. The first-order valence-corrected chi connectivity index (χ1v) is 7.34. The Balaban J connectivity index is 1.99. The molecule has 0 spiro atoms. The van der Waals surface area contributed by atoms with Crippen LogP contribution in [0, 0.1) is 0 Å². The first kappa shape index (κ1) is 15.2. The maximum absolute atomic E-state index is 9.58. The molecule has 0 fully saturated rings. The number of rotatable bonds is 10. The summed E-state index contributed by atoms with van der Waals surface area (Å²) in [5, 5.41) is 9.58. The van der Waals surface area contributed by atoms with E-state index in [1.54, 1.807) is 0 Å². The number of aliphatic imine (C=N–C) groups is 1. The number of hydrogen-bond acceptors (Lipinski definition) is 3. The van der Waals surface area contributed by atoms with Crippen LogP contribution in [0.4, 0.5) is 0 Å². The van der Waals surface area contributed by atoms with Crippen LogP contribution in [-0.2, 0) is 0 Å². The van der Waals surface area contributed by atoms with Gasteiger partial charge in [-0.15, -0.1) is 6.58 Å². The molecule has 18 heavy (non-hydrogen) atoms. The Morgan fingerprint density at radius 2 is 1.94 bits per heavy atom. The Hall–Kier alpha value is -0.830. The van der Waals surface area contributed by atoms with E-state index in [1.165, 1.54) is 38.5 Å². The highest BCUT2D eigenvalue weighted by Crippen LogP contribution is 2.13. The number of nitrogens with zero attached hydrogens (tertiary/aromatic N) is 2. The van der Waals surface area contributed by atoms with Gasteiger partial charge in [-0.3, -0.25) is 4.99 Å². The van der Waals surface area contributed by atoms with Crippen LogP contribution in [0.25, 0.3) is 0 Å². The minimum Gasteiger partial charge on any atom is -0.374 e. The number of aliphatic hydroxyl groups is 1. The fraction of sp³-hybridized carbons (Fsp3) is 0.800. The van der Waals surface area contributed by atoms with Crippen molar-refractivity contribution in [2.45, 2.75) is 64.5 Å². The van der Waals surface area contributed by atoms with E-state index < -0.39 is 0 Å². The molecule has 1 N–H and O–H groups in total. The Labute approximate surface area is 112 Å². The molecule has 0 saturated heterocycles. The van der Waals surface area contributed by atoms with Gasteiger partial charge in [0.2, 0.25) is 0 Å². The molecule has 1 heterocycles.